The first kappa shape index (κ1) is 22.5. The molecule has 168 valence electrons. The van der Waals surface area contributed by atoms with Gasteiger partial charge in [0.2, 0.25) is 0 Å². The Morgan fingerprint density at radius 3 is 2.48 bits per heavy atom. The lowest BCUT2D eigenvalue weighted by atomic mass is 10.2. The number of hydrogen-bond acceptors (Lipinski definition) is 7. The second-order valence-corrected chi connectivity index (χ2v) is 8.29. The minimum absolute atomic E-state index is 0.0582. The van der Waals surface area contributed by atoms with Crippen LogP contribution in [0.15, 0.2) is 30.0 Å². The molecule has 3 amide bonds. The number of rotatable bonds is 5. The maximum Gasteiger partial charge on any atom is 0.410 e. The fraction of sp³-hybridized carbons (Fsp3) is 0.476. The largest absolute Gasteiger partial charge is 0.444 e. The highest BCUT2D eigenvalue weighted by Gasteiger charge is 2.32. The number of imide groups is 1. The van der Waals surface area contributed by atoms with Gasteiger partial charge in [0.15, 0.2) is 0 Å². The molecule has 2 heterocycles. The van der Waals surface area contributed by atoms with Gasteiger partial charge in [-0.3, -0.25) is 14.5 Å². The van der Waals surface area contributed by atoms with Gasteiger partial charge in [0.1, 0.15) is 17.1 Å². The van der Waals surface area contributed by atoms with E-state index >= 15 is 0 Å². The smallest absolute Gasteiger partial charge is 0.410 e. The molecule has 0 aliphatic carbocycles. The van der Waals surface area contributed by atoms with E-state index in [1.54, 1.807) is 37.8 Å². The monoisotopic (exact) mass is 434 g/mol. The third-order valence-corrected chi connectivity index (χ3v) is 4.86. The van der Waals surface area contributed by atoms with Gasteiger partial charge in [0.25, 0.3) is 11.8 Å². The zero-order chi connectivity index (χ0) is 22.8. The minimum atomic E-state index is -0.622. The van der Waals surface area contributed by atoms with Crippen LogP contribution in [0, 0.1) is 5.82 Å². The molecule has 1 aromatic rings. The third-order valence-electron chi connectivity index (χ3n) is 4.86. The number of carbonyl (C=O) groups is 3. The summed E-state index contributed by atoms with van der Waals surface area (Å²) in [4.78, 5) is 41.0. The molecule has 10 heteroatoms. The lowest BCUT2D eigenvalue weighted by Crippen LogP contribution is -2.50. The zero-order valence-corrected chi connectivity index (χ0v) is 17.9. The topological polar surface area (TPSA) is 102 Å². The van der Waals surface area contributed by atoms with Crippen molar-refractivity contribution in [1.82, 2.24) is 9.80 Å². The summed E-state index contributed by atoms with van der Waals surface area (Å²) in [5.74, 6) is -1.76. The normalized spacial score (nSPS) is 17.2. The molecule has 2 N–H and O–H groups in total. The van der Waals surface area contributed by atoms with Gasteiger partial charge in [0.05, 0.1) is 24.5 Å². The van der Waals surface area contributed by atoms with Crippen LogP contribution in [0.3, 0.4) is 0 Å². The maximum absolute atomic E-state index is 14.7. The summed E-state index contributed by atoms with van der Waals surface area (Å²) in [7, 11) is 0. The van der Waals surface area contributed by atoms with Gasteiger partial charge < -0.3 is 25.0 Å². The van der Waals surface area contributed by atoms with Gasteiger partial charge in [-0.25, -0.2) is 9.18 Å². The number of anilines is 2. The minimum Gasteiger partial charge on any atom is -0.444 e. The Morgan fingerprint density at radius 1 is 1.19 bits per heavy atom. The van der Waals surface area contributed by atoms with Crippen LogP contribution in [0.2, 0.25) is 0 Å². The summed E-state index contributed by atoms with van der Waals surface area (Å²) in [6.07, 6.45) is 0.697. The van der Waals surface area contributed by atoms with Gasteiger partial charge in [-0.05, 0) is 32.9 Å². The van der Waals surface area contributed by atoms with Crippen molar-refractivity contribution in [3.05, 3.63) is 35.8 Å². The average molecular weight is 434 g/mol. The highest BCUT2D eigenvalue weighted by molar-refractivity contribution is 6.17. The first-order valence-corrected chi connectivity index (χ1v) is 10.1. The number of nitrogens with one attached hydrogen (secondary N) is 1. The quantitative estimate of drug-likeness (QED) is 0.678. The van der Waals surface area contributed by atoms with Crippen LogP contribution in [-0.4, -0.2) is 77.7 Å². The van der Waals surface area contributed by atoms with E-state index in [1.165, 1.54) is 6.07 Å². The molecule has 0 unspecified atom stereocenters. The van der Waals surface area contributed by atoms with Crippen LogP contribution in [0.25, 0.3) is 0 Å². The van der Waals surface area contributed by atoms with Crippen LogP contribution in [-0.2, 0) is 14.3 Å². The molecule has 9 nitrogen and oxygen atoms in total. The van der Waals surface area contributed by atoms with Crippen molar-refractivity contribution in [3.8, 4) is 0 Å². The molecule has 0 saturated carbocycles. The summed E-state index contributed by atoms with van der Waals surface area (Å²) in [6.45, 7) is 6.61. The van der Waals surface area contributed by atoms with Crippen molar-refractivity contribution in [2.75, 3.05) is 49.5 Å². The number of aliphatic hydroxyl groups is 1. The summed E-state index contributed by atoms with van der Waals surface area (Å²) in [5.41, 5.74) is -0.0502. The van der Waals surface area contributed by atoms with E-state index in [-0.39, 0.29) is 24.5 Å². The van der Waals surface area contributed by atoms with Crippen molar-refractivity contribution >= 4 is 29.3 Å². The number of hydrogen-bond donors (Lipinski definition) is 2. The van der Waals surface area contributed by atoms with Gasteiger partial charge >= 0.3 is 6.09 Å². The number of para-hydroxylation sites is 1. The Bertz CT molecular complexity index is 904. The number of amides is 3. The van der Waals surface area contributed by atoms with E-state index in [4.69, 9.17) is 9.84 Å². The fourth-order valence-electron chi connectivity index (χ4n) is 3.40. The van der Waals surface area contributed by atoms with Gasteiger partial charge in [-0.1, -0.05) is 6.07 Å². The van der Waals surface area contributed by atoms with Crippen LogP contribution in [0.4, 0.5) is 20.6 Å². The Balaban J connectivity index is 1.73. The molecule has 0 atom stereocenters. The fourth-order valence-corrected chi connectivity index (χ4v) is 3.40. The Kier molecular flexibility index (Phi) is 6.49. The zero-order valence-electron chi connectivity index (χ0n) is 17.9. The second-order valence-electron chi connectivity index (χ2n) is 8.29. The molecular weight excluding hydrogens is 407 g/mol. The van der Waals surface area contributed by atoms with Crippen molar-refractivity contribution in [1.29, 1.82) is 0 Å². The summed E-state index contributed by atoms with van der Waals surface area (Å²) < 4.78 is 20.1. The SMILES string of the molecule is CC(C)(C)OC(=O)N1CCN(c2cccc(F)c2NC2=CC(=O)N(CCO)C2=O)CC1. The van der Waals surface area contributed by atoms with Crippen LogP contribution in [0.5, 0.6) is 0 Å². The van der Waals surface area contributed by atoms with E-state index in [2.05, 4.69) is 5.32 Å². The average Bonchev–Trinajstić information content (AvgIpc) is 2.96. The van der Waals surface area contributed by atoms with Gasteiger partial charge in [0, 0.05) is 32.3 Å². The molecule has 3 rings (SSSR count). The van der Waals surface area contributed by atoms with E-state index < -0.39 is 29.3 Å². The molecule has 2 aliphatic heterocycles. The highest BCUT2D eigenvalue weighted by Crippen LogP contribution is 2.32. The number of β-amino-alcohol motifs (C(OH)–C–C–N with tert-alkyl or cyclic N) is 1. The molecular formula is C21H27FN4O5. The molecule has 1 fully saturated rings. The number of carbonyl (C=O) groups excluding carboxylic acids is 3. The molecule has 2 aliphatic rings. The predicted octanol–water partition coefficient (Wildman–Crippen LogP) is 1.54. The first-order chi connectivity index (χ1) is 14.6. The van der Waals surface area contributed by atoms with Crippen LogP contribution >= 0.6 is 0 Å². The van der Waals surface area contributed by atoms with Crippen LogP contribution < -0.4 is 10.2 Å². The summed E-state index contributed by atoms with van der Waals surface area (Å²) >= 11 is 0. The summed E-state index contributed by atoms with van der Waals surface area (Å²) in [6, 6.07) is 4.53. The molecule has 0 spiro atoms. The summed E-state index contributed by atoms with van der Waals surface area (Å²) in [5, 5.41) is 11.8. The Hall–Kier alpha value is -3.14. The van der Waals surface area contributed by atoms with Crippen molar-refractivity contribution in [2.24, 2.45) is 0 Å². The van der Waals surface area contributed by atoms with E-state index in [9.17, 15) is 18.8 Å². The number of aliphatic hydroxyl groups excluding tert-OH is 1. The predicted molar refractivity (Wildman–Crippen MR) is 112 cm³/mol. The van der Waals surface area contributed by atoms with Crippen molar-refractivity contribution < 1.29 is 28.6 Å². The maximum atomic E-state index is 14.7. The standard InChI is InChI=1S/C21H27FN4O5/c1-21(2,3)31-20(30)25-9-7-24(8-10-25)16-6-4-5-14(22)18(16)23-15-13-17(28)26(11-12-27)19(15)29/h4-6,13,23,27H,7-12H2,1-3H3. The van der Waals surface area contributed by atoms with Crippen LogP contribution in [0.1, 0.15) is 20.8 Å². The number of ether oxygens (including phenoxy) is 1. The molecule has 0 bridgehead atoms. The number of benzene rings is 1. The molecule has 31 heavy (non-hydrogen) atoms. The molecule has 0 aromatic heterocycles. The second kappa shape index (κ2) is 8.93. The van der Waals surface area contributed by atoms with E-state index in [0.29, 0.717) is 31.9 Å². The lowest BCUT2D eigenvalue weighted by molar-refractivity contribution is -0.137. The number of nitrogens with zero attached hydrogens (tertiary/aromatic N) is 3. The van der Waals surface area contributed by atoms with E-state index in [0.717, 1.165) is 11.0 Å². The Labute approximate surface area is 180 Å². The van der Waals surface area contributed by atoms with E-state index in [1.807, 2.05) is 4.90 Å². The first-order valence-electron chi connectivity index (χ1n) is 10.1. The van der Waals surface area contributed by atoms with Crippen molar-refractivity contribution in [3.63, 3.8) is 0 Å². The lowest BCUT2D eigenvalue weighted by Gasteiger charge is -2.37. The highest BCUT2D eigenvalue weighted by atomic mass is 19.1. The van der Waals surface area contributed by atoms with Gasteiger partial charge in [-0.2, -0.15) is 0 Å². The van der Waals surface area contributed by atoms with Gasteiger partial charge in [-0.15, -0.1) is 0 Å². The molecule has 1 saturated heterocycles. The number of halogens is 1. The molecule has 0 radical (unpaired) electrons. The Morgan fingerprint density at radius 2 is 1.87 bits per heavy atom. The van der Waals surface area contributed by atoms with Crippen molar-refractivity contribution in [2.45, 2.75) is 26.4 Å². The molecule has 1 aromatic carbocycles. The number of piperazine rings is 1. The third kappa shape index (κ3) is 5.13.